The molecule has 0 aromatic rings. The summed E-state index contributed by atoms with van der Waals surface area (Å²) in [5.41, 5.74) is 0.515. The van der Waals surface area contributed by atoms with Gasteiger partial charge in [-0.05, 0) is 31.1 Å². The van der Waals surface area contributed by atoms with Crippen molar-refractivity contribution in [2.24, 2.45) is 17.3 Å². The standard InChI is InChI=1S/C12H23NO/c1-3-4-10(2)11-5-6-12(7-11)8-13(14)9-12/h10-11,14H,3-9H2,1-2H3. The summed E-state index contributed by atoms with van der Waals surface area (Å²) in [6.07, 6.45) is 6.81. The normalized spacial score (nSPS) is 33.2. The fourth-order valence-electron chi connectivity index (χ4n) is 3.44. The molecule has 1 saturated carbocycles. The first-order valence-electron chi connectivity index (χ1n) is 6.09. The van der Waals surface area contributed by atoms with Crippen LogP contribution in [0.5, 0.6) is 0 Å². The highest BCUT2D eigenvalue weighted by molar-refractivity contribution is 4.98. The second kappa shape index (κ2) is 3.82. The summed E-state index contributed by atoms with van der Waals surface area (Å²) in [6, 6.07) is 0. The molecule has 2 atom stereocenters. The Hall–Kier alpha value is -0.0800. The molecule has 2 nitrogen and oxygen atoms in total. The van der Waals surface area contributed by atoms with E-state index in [0.29, 0.717) is 5.41 Å². The van der Waals surface area contributed by atoms with Gasteiger partial charge in [-0.25, -0.2) is 0 Å². The van der Waals surface area contributed by atoms with E-state index in [9.17, 15) is 5.21 Å². The third-order valence-electron chi connectivity index (χ3n) is 4.33. The lowest BCUT2D eigenvalue weighted by Gasteiger charge is -2.44. The lowest BCUT2D eigenvalue weighted by molar-refractivity contribution is -0.207. The van der Waals surface area contributed by atoms with Gasteiger partial charge >= 0.3 is 0 Å². The minimum absolute atomic E-state index is 0.515. The molecule has 82 valence electrons. The number of hydrogen-bond acceptors (Lipinski definition) is 2. The quantitative estimate of drug-likeness (QED) is 0.752. The van der Waals surface area contributed by atoms with E-state index < -0.39 is 0 Å². The van der Waals surface area contributed by atoms with Gasteiger partial charge in [-0.1, -0.05) is 26.7 Å². The van der Waals surface area contributed by atoms with Gasteiger partial charge in [0.2, 0.25) is 0 Å². The van der Waals surface area contributed by atoms with E-state index in [2.05, 4.69) is 13.8 Å². The van der Waals surface area contributed by atoms with Gasteiger partial charge in [0.15, 0.2) is 0 Å². The highest BCUT2D eigenvalue weighted by Gasteiger charge is 2.48. The lowest BCUT2D eigenvalue weighted by Crippen LogP contribution is -2.53. The van der Waals surface area contributed by atoms with Crippen molar-refractivity contribution in [1.29, 1.82) is 0 Å². The van der Waals surface area contributed by atoms with E-state index in [1.54, 1.807) is 0 Å². The van der Waals surface area contributed by atoms with Crippen molar-refractivity contribution < 1.29 is 5.21 Å². The maximum atomic E-state index is 9.24. The first-order valence-corrected chi connectivity index (χ1v) is 6.09. The van der Waals surface area contributed by atoms with Gasteiger partial charge in [0.1, 0.15) is 0 Å². The van der Waals surface area contributed by atoms with Gasteiger partial charge < -0.3 is 5.21 Å². The van der Waals surface area contributed by atoms with Crippen LogP contribution in [0.25, 0.3) is 0 Å². The zero-order valence-corrected chi connectivity index (χ0v) is 9.50. The number of hydroxylamine groups is 2. The molecule has 1 aliphatic heterocycles. The Morgan fingerprint density at radius 3 is 2.79 bits per heavy atom. The van der Waals surface area contributed by atoms with Crippen molar-refractivity contribution in [3.63, 3.8) is 0 Å². The Labute approximate surface area is 87.3 Å². The van der Waals surface area contributed by atoms with Crippen molar-refractivity contribution in [3.8, 4) is 0 Å². The SMILES string of the molecule is CCCC(C)C1CCC2(C1)CN(O)C2. The van der Waals surface area contributed by atoms with Crippen LogP contribution in [0.1, 0.15) is 46.0 Å². The Morgan fingerprint density at radius 2 is 2.21 bits per heavy atom. The predicted molar refractivity (Wildman–Crippen MR) is 57.2 cm³/mol. The smallest absolute Gasteiger partial charge is 0.0308 e. The summed E-state index contributed by atoms with van der Waals surface area (Å²) >= 11 is 0. The molecular formula is C12H23NO. The third kappa shape index (κ3) is 1.82. The average Bonchev–Trinajstić information content (AvgIpc) is 2.49. The molecule has 1 aliphatic carbocycles. The van der Waals surface area contributed by atoms with Crippen molar-refractivity contribution in [1.82, 2.24) is 5.06 Å². The van der Waals surface area contributed by atoms with E-state index in [0.717, 1.165) is 24.9 Å². The van der Waals surface area contributed by atoms with Crippen LogP contribution in [0, 0.1) is 17.3 Å². The van der Waals surface area contributed by atoms with E-state index in [-0.39, 0.29) is 0 Å². The van der Waals surface area contributed by atoms with E-state index >= 15 is 0 Å². The van der Waals surface area contributed by atoms with Crippen LogP contribution in [0.15, 0.2) is 0 Å². The molecule has 14 heavy (non-hydrogen) atoms. The van der Waals surface area contributed by atoms with Gasteiger partial charge in [-0.3, -0.25) is 0 Å². The average molecular weight is 197 g/mol. The molecule has 0 aromatic heterocycles. The molecule has 1 saturated heterocycles. The van der Waals surface area contributed by atoms with Crippen LogP contribution >= 0.6 is 0 Å². The summed E-state index contributed by atoms with van der Waals surface area (Å²) in [7, 11) is 0. The van der Waals surface area contributed by atoms with Crippen LogP contribution in [0.4, 0.5) is 0 Å². The maximum Gasteiger partial charge on any atom is 0.0308 e. The number of rotatable bonds is 3. The molecule has 2 heteroatoms. The van der Waals surface area contributed by atoms with Gasteiger partial charge in [-0.2, -0.15) is 5.06 Å². The fourth-order valence-corrected chi connectivity index (χ4v) is 3.44. The minimum Gasteiger partial charge on any atom is -0.314 e. The molecule has 2 aliphatic rings. The number of hydrogen-bond donors (Lipinski definition) is 1. The van der Waals surface area contributed by atoms with Crippen molar-refractivity contribution in [3.05, 3.63) is 0 Å². The van der Waals surface area contributed by atoms with Crippen LogP contribution in [0.3, 0.4) is 0 Å². The van der Waals surface area contributed by atoms with E-state index in [1.807, 2.05) is 0 Å². The molecular weight excluding hydrogens is 174 g/mol. The molecule has 2 unspecified atom stereocenters. The second-order valence-corrected chi connectivity index (χ2v) is 5.59. The summed E-state index contributed by atoms with van der Waals surface area (Å²) in [5.74, 6) is 1.83. The maximum absolute atomic E-state index is 9.24. The van der Waals surface area contributed by atoms with Crippen LogP contribution in [-0.4, -0.2) is 23.4 Å². The van der Waals surface area contributed by atoms with Crippen molar-refractivity contribution in [2.75, 3.05) is 13.1 Å². The van der Waals surface area contributed by atoms with Crippen LogP contribution in [-0.2, 0) is 0 Å². The molecule has 1 heterocycles. The molecule has 1 spiro atoms. The zero-order chi connectivity index (χ0) is 10.2. The Bertz CT molecular complexity index is 198. The molecule has 2 rings (SSSR count). The Morgan fingerprint density at radius 1 is 1.50 bits per heavy atom. The van der Waals surface area contributed by atoms with Gasteiger partial charge in [0.05, 0.1) is 0 Å². The van der Waals surface area contributed by atoms with Gasteiger partial charge in [0.25, 0.3) is 0 Å². The molecule has 2 fully saturated rings. The lowest BCUT2D eigenvalue weighted by atomic mass is 9.77. The molecule has 1 N–H and O–H groups in total. The first kappa shape index (κ1) is 10.4. The fraction of sp³-hybridized carbons (Fsp3) is 1.00. The van der Waals surface area contributed by atoms with Crippen LogP contribution in [0.2, 0.25) is 0 Å². The third-order valence-corrected chi connectivity index (χ3v) is 4.33. The summed E-state index contributed by atoms with van der Waals surface area (Å²) in [5, 5.41) is 10.7. The van der Waals surface area contributed by atoms with Crippen molar-refractivity contribution >= 4 is 0 Å². The van der Waals surface area contributed by atoms with Gasteiger partial charge in [0, 0.05) is 18.5 Å². The molecule has 0 amide bonds. The summed E-state index contributed by atoms with van der Waals surface area (Å²) in [6.45, 7) is 6.55. The van der Waals surface area contributed by atoms with E-state index in [4.69, 9.17) is 0 Å². The largest absolute Gasteiger partial charge is 0.314 e. The molecule has 0 radical (unpaired) electrons. The highest BCUT2D eigenvalue weighted by atomic mass is 16.5. The topological polar surface area (TPSA) is 23.5 Å². The Kier molecular flexibility index (Phi) is 2.85. The summed E-state index contributed by atoms with van der Waals surface area (Å²) in [4.78, 5) is 0. The monoisotopic (exact) mass is 197 g/mol. The molecule has 0 aromatic carbocycles. The second-order valence-electron chi connectivity index (χ2n) is 5.59. The van der Waals surface area contributed by atoms with Crippen LogP contribution < -0.4 is 0 Å². The van der Waals surface area contributed by atoms with Gasteiger partial charge in [-0.15, -0.1) is 0 Å². The highest BCUT2D eigenvalue weighted by Crippen LogP contribution is 2.50. The predicted octanol–water partition coefficient (Wildman–Crippen LogP) is 2.91. The zero-order valence-electron chi connectivity index (χ0n) is 9.50. The first-order chi connectivity index (χ1) is 6.65. The van der Waals surface area contributed by atoms with E-state index in [1.165, 1.54) is 37.2 Å². The Balaban J connectivity index is 1.83. The number of nitrogens with zero attached hydrogens (tertiary/aromatic N) is 1. The van der Waals surface area contributed by atoms with Crippen molar-refractivity contribution in [2.45, 2.75) is 46.0 Å². The molecule has 0 bridgehead atoms. The minimum atomic E-state index is 0.515. The summed E-state index contributed by atoms with van der Waals surface area (Å²) < 4.78 is 0.